The molecule has 6 heteroatoms. The zero-order valence-electron chi connectivity index (χ0n) is 24.6. The smallest absolute Gasteiger partial charge is 0.338 e. The van der Waals surface area contributed by atoms with Gasteiger partial charge >= 0.3 is 11.9 Å². The highest BCUT2D eigenvalue weighted by Gasteiger charge is 2.06. The van der Waals surface area contributed by atoms with Crippen LogP contribution in [0.4, 0.5) is 0 Å². The number of ether oxygens (including phenoxy) is 2. The molecule has 220 valence electrons. The molecule has 0 bridgehead atoms. The number of esters is 2. The Morgan fingerprint density at radius 2 is 1.05 bits per heavy atom. The number of aromatic hydroxyl groups is 1. The maximum atomic E-state index is 11.5. The summed E-state index contributed by atoms with van der Waals surface area (Å²) in [6.45, 7) is 10.2. The van der Waals surface area contributed by atoms with Crippen molar-refractivity contribution in [2.75, 3.05) is 13.2 Å². The van der Waals surface area contributed by atoms with Crippen molar-refractivity contribution in [2.24, 2.45) is 0 Å². The minimum absolute atomic E-state index is 0.0256. The average Bonchev–Trinajstić information content (AvgIpc) is 3.03. The number of carbonyl (C=O) groups is 2. The average molecular weight is 585 g/mol. The van der Waals surface area contributed by atoms with Crippen LogP contribution in [-0.4, -0.2) is 35.4 Å². The van der Waals surface area contributed by atoms with Crippen LogP contribution in [0.2, 0.25) is 0 Å². The first-order chi connectivity index (χ1) is 21.2. The molecule has 0 atom stereocenters. The summed E-state index contributed by atoms with van der Waals surface area (Å²) in [7, 11) is 0. The SMILES string of the molecule is C=C(C)C(=O)OCC#Cc1ccc(-c2ccc(OC(=O)C(=C)C)cc2)cc1.OCC#Cc1ccc(-c2ccc(O)cc2)cc1. The molecule has 4 aromatic carbocycles. The van der Waals surface area contributed by atoms with Gasteiger partial charge in [-0.3, -0.25) is 0 Å². The van der Waals surface area contributed by atoms with E-state index in [2.05, 4.69) is 36.8 Å². The van der Waals surface area contributed by atoms with Crippen LogP contribution in [0.3, 0.4) is 0 Å². The van der Waals surface area contributed by atoms with Gasteiger partial charge in [0, 0.05) is 22.3 Å². The highest BCUT2D eigenvalue weighted by molar-refractivity contribution is 5.89. The van der Waals surface area contributed by atoms with Crippen LogP contribution in [-0.2, 0) is 14.3 Å². The molecule has 0 amide bonds. The molecule has 4 aromatic rings. The summed E-state index contributed by atoms with van der Waals surface area (Å²) in [5.41, 5.74) is 6.50. The summed E-state index contributed by atoms with van der Waals surface area (Å²) in [5.74, 6) is 11.0. The normalized spacial score (nSPS) is 9.52. The van der Waals surface area contributed by atoms with E-state index < -0.39 is 11.9 Å². The van der Waals surface area contributed by atoms with Crippen molar-refractivity contribution in [3.8, 4) is 57.4 Å². The Kier molecular flexibility index (Phi) is 12.3. The molecule has 6 nitrogen and oxygen atoms in total. The molecule has 0 spiro atoms. The summed E-state index contributed by atoms with van der Waals surface area (Å²) in [6.07, 6.45) is 0. The van der Waals surface area contributed by atoms with Crippen molar-refractivity contribution in [1.82, 2.24) is 0 Å². The van der Waals surface area contributed by atoms with E-state index in [0.29, 0.717) is 16.9 Å². The summed E-state index contributed by atoms with van der Waals surface area (Å²) in [5, 5.41) is 17.8. The van der Waals surface area contributed by atoms with Crippen LogP contribution < -0.4 is 4.74 Å². The highest BCUT2D eigenvalue weighted by Crippen LogP contribution is 2.24. The quantitative estimate of drug-likeness (QED) is 0.113. The fourth-order valence-electron chi connectivity index (χ4n) is 3.56. The second kappa shape index (κ2) is 16.6. The van der Waals surface area contributed by atoms with E-state index in [1.165, 1.54) is 0 Å². The number of aliphatic hydroxyl groups excluding tert-OH is 1. The Labute approximate surface area is 257 Å². The molecule has 0 unspecified atom stereocenters. The molecule has 2 N–H and O–H groups in total. The fourth-order valence-corrected chi connectivity index (χ4v) is 3.56. The highest BCUT2D eigenvalue weighted by atomic mass is 16.5. The maximum absolute atomic E-state index is 11.5. The molecule has 0 aromatic heterocycles. The van der Waals surface area contributed by atoms with Crippen LogP contribution in [0.25, 0.3) is 22.3 Å². The van der Waals surface area contributed by atoms with E-state index in [0.717, 1.165) is 33.4 Å². The Hall–Kier alpha value is -5.82. The lowest BCUT2D eigenvalue weighted by Crippen LogP contribution is -2.07. The number of benzene rings is 4. The second-order valence-electron chi connectivity index (χ2n) is 9.51. The van der Waals surface area contributed by atoms with Crippen molar-refractivity contribution in [2.45, 2.75) is 13.8 Å². The van der Waals surface area contributed by atoms with Crippen molar-refractivity contribution >= 4 is 11.9 Å². The molecule has 0 aliphatic heterocycles. The van der Waals surface area contributed by atoms with Gasteiger partial charge in [-0.1, -0.05) is 85.4 Å². The van der Waals surface area contributed by atoms with Crippen molar-refractivity contribution in [3.63, 3.8) is 0 Å². The molecule has 0 radical (unpaired) electrons. The predicted molar refractivity (Wildman–Crippen MR) is 172 cm³/mol. The number of carbonyl (C=O) groups excluding carboxylic acids is 2. The zero-order chi connectivity index (χ0) is 31.9. The number of phenols is 1. The zero-order valence-corrected chi connectivity index (χ0v) is 24.6. The number of hydrogen-bond donors (Lipinski definition) is 2. The molecule has 4 rings (SSSR count). The number of rotatable bonds is 6. The number of aliphatic hydroxyl groups is 1. The summed E-state index contributed by atoms with van der Waals surface area (Å²) >= 11 is 0. The van der Waals surface area contributed by atoms with E-state index in [-0.39, 0.29) is 19.0 Å². The second-order valence-corrected chi connectivity index (χ2v) is 9.51. The van der Waals surface area contributed by atoms with Gasteiger partial charge in [0.15, 0.2) is 6.61 Å². The third-order valence-electron chi connectivity index (χ3n) is 5.89. The minimum atomic E-state index is -0.447. The minimum Gasteiger partial charge on any atom is -0.508 e. The van der Waals surface area contributed by atoms with E-state index in [4.69, 9.17) is 14.6 Å². The van der Waals surface area contributed by atoms with Crippen molar-refractivity contribution < 1.29 is 29.3 Å². The lowest BCUT2D eigenvalue weighted by Gasteiger charge is -2.06. The fraction of sp³-hybridized carbons (Fsp3) is 0.105. The molecular weight excluding hydrogens is 552 g/mol. The van der Waals surface area contributed by atoms with E-state index in [9.17, 15) is 14.7 Å². The number of phenolic OH excluding ortho intramolecular Hbond substituents is 1. The summed E-state index contributed by atoms with van der Waals surface area (Å²) < 4.78 is 10.1. The Morgan fingerprint density at radius 1 is 0.636 bits per heavy atom. The Balaban J connectivity index is 0.000000266. The lowest BCUT2D eigenvalue weighted by atomic mass is 10.0. The molecule has 0 saturated carbocycles. The van der Waals surface area contributed by atoms with Gasteiger partial charge in [-0.05, 0) is 84.6 Å². The first-order valence-electron chi connectivity index (χ1n) is 13.5. The van der Waals surface area contributed by atoms with Crippen LogP contribution in [0.15, 0.2) is 121 Å². The molecule has 0 fully saturated rings. The summed E-state index contributed by atoms with van der Waals surface area (Å²) in [4.78, 5) is 22.8. The first kappa shape index (κ1) is 32.7. The van der Waals surface area contributed by atoms with Crippen LogP contribution >= 0.6 is 0 Å². The van der Waals surface area contributed by atoms with Gasteiger partial charge in [-0.25, -0.2) is 9.59 Å². The van der Waals surface area contributed by atoms with Gasteiger partial charge < -0.3 is 19.7 Å². The lowest BCUT2D eigenvalue weighted by molar-refractivity contribution is -0.137. The Morgan fingerprint density at radius 3 is 1.48 bits per heavy atom. The maximum Gasteiger partial charge on any atom is 0.338 e. The van der Waals surface area contributed by atoms with E-state index in [1.54, 1.807) is 38.1 Å². The first-order valence-corrected chi connectivity index (χ1v) is 13.5. The predicted octanol–water partition coefficient (Wildman–Crippen LogP) is 6.71. The molecular formula is C38H32O6. The van der Waals surface area contributed by atoms with Gasteiger partial charge in [-0.15, -0.1) is 0 Å². The molecule has 0 aliphatic rings. The van der Waals surface area contributed by atoms with E-state index >= 15 is 0 Å². The largest absolute Gasteiger partial charge is 0.508 e. The van der Waals surface area contributed by atoms with Gasteiger partial charge in [0.1, 0.15) is 18.1 Å². The standard InChI is InChI=1S/C23H20O4.C15H12O2/c1-16(2)22(24)26-15-5-6-18-7-9-19(10-8-18)20-11-13-21(14-12-20)27-23(25)17(3)4;16-11-1-2-12-3-5-13(6-4-12)14-7-9-15(17)10-8-14/h7-14H,1,3,15H2,2,4H3;3-10,16-17H,11H2. The summed E-state index contributed by atoms with van der Waals surface area (Å²) in [6, 6.07) is 29.7. The van der Waals surface area contributed by atoms with Crippen LogP contribution in [0, 0.1) is 23.7 Å². The van der Waals surface area contributed by atoms with Gasteiger partial charge in [0.05, 0.1) is 0 Å². The van der Waals surface area contributed by atoms with Crippen LogP contribution in [0.1, 0.15) is 25.0 Å². The van der Waals surface area contributed by atoms with Gasteiger partial charge in [-0.2, -0.15) is 0 Å². The Bertz CT molecular complexity index is 1720. The van der Waals surface area contributed by atoms with E-state index in [1.807, 2.05) is 72.8 Å². The van der Waals surface area contributed by atoms with Gasteiger partial charge in [0.25, 0.3) is 0 Å². The van der Waals surface area contributed by atoms with Crippen molar-refractivity contribution in [3.05, 3.63) is 132 Å². The third kappa shape index (κ3) is 10.5. The molecule has 44 heavy (non-hydrogen) atoms. The molecule has 0 saturated heterocycles. The van der Waals surface area contributed by atoms with Crippen LogP contribution in [0.5, 0.6) is 11.5 Å². The third-order valence-corrected chi connectivity index (χ3v) is 5.89. The molecule has 0 heterocycles. The topological polar surface area (TPSA) is 93.1 Å². The van der Waals surface area contributed by atoms with Crippen molar-refractivity contribution in [1.29, 1.82) is 0 Å². The molecule has 0 aliphatic carbocycles. The van der Waals surface area contributed by atoms with Gasteiger partial charge in [0.2, 0.25) is 0 Å². The number of hydrogen-bond acceptors (Lipinski definition) is 6. The monoisotopic (exact) mass is 584 g/mol.